The maximum absolute atomic E-state index is 14.3. The molecule has 0 aliphatic heterocycles. The van der Waals surface area contributed by atoms with Gasteiger partial charge in [0.25, 0.3) is 0 Å². The van der Waals surface area contributed by atoms with Crippen LogP contribution < -0.4 is 0 Å². The number of alkyl halides is 13. The molecular formula is C74H91F13O6S9Si2. The molecule has 0 fully saturated rings. The summed E-state index contributed by atoms with van der Waals surface area (Å²) in [5.74, 6) is -36.7. The van der Waals surface area contributed by atoms with E-state index in [1.165, 1.54) is 121 Å². The monoisotopic (exact) mass is 1670 g/mol. The standard InChI is InChI=1S/C26H36O4S3.C24H19F13S3.C24H36O2S3Si2/c1-19-9-11-23(31-19)25-21(8-6-5-7-13-27-3)22(18-30-17-16-29-15-14-28-4)26(33-25)24-12-10-20(2)32-24;1-11-6-8-15(38-11)17-13(3)14(18(40-17)16-9-7-12(2)39-16)5-4-10-19(25,26)20(27,28)21(29,30)22(31,32)23(33,34)24(35,36)37;1-17-9-11-21(27-17)23-19(13-15-25-30(3,4)5)20(14-16-26-31(6,7)8)24(29-23)22-12-10-18(2)28-22/h9-12H,5-8,13-18H2,1-4H3;6-9H,4-5,10H2,1-3H3;9-12H,13-16H2,1-8H3. The fraction of sp³-hybridized carbons (Fsp3) is 0.514. The van der Waals surface area contributed by atoms with Gasteiger partial charge < -0.3 is 27.8 Å². The van der Waals surface area contributed by atoms with E-state index < -0.39 is 71.7 Å². The molecule has 0 saturated carbocycles. The second kappa shape index (κ2) is 37.5. The Kier molecular flexibility index (Phi) is 31.7. The van der Waals surface area contributed by atoms with Crippen LogP contribution in [0.3, 0.4) is 0 Å². The van der Waals surface area contributed by atoms with Crippen LogP contribution in [0, 0.1) is 48.5 Å². The molecule has 9 aromatic heterocycles. The number of halogens is 13. The molecule has 0 aromatic carbocycles. The third kappa shape index (κ3) is 22.4. The van der Waals surface area contributed by atoms with Crippen LogP contribution in [0.4, 0.5) is 57.1 Å². The lowest BCUT2D eigenvalue weighted by molar-refractivity contribution is -0.440. The van der Waals surface area contributed by atoms with E-state index in [1.807, 2.05) is 81.0 Å². The number of methoxy groups -OCH3 is 2. The van der Waals surface area contributed by atoms with E-state index in [4.69, 9.17) is 27.8 Å². The third-order valence-corrected chi connectivity index (χ3v) is 29.4. The van der Waals surface area contributed by atoms with Gasteiger partial charge in [0.15, 0.2) is 16.6 Å². The van der Waals surface area contributed by atoms with Crippen LogP contribution in [0.15, 0.2) is 72.8 Å². The molecule has 0 unspecified atom stereocenters. The normalized spacial score (nSPS) is 12.9. The van der Waals surface area contributed by atoms with Gasteiger partial charge in [-0.2, -0.15) is 57.1 Å². The maximum atomic E-state index is 14.3. The Morgan fingerprint density at radius 3 is 1.00 bits per heavy atom. The molecule has 0 saturated heterocycles. The number of rotatable bonds is 36. The Balaban J connectivity index is 0.000000220. The number of hydrogen-bond acceptors (Lipinski definition) is 15. The molecular weight excluding hydrogens is 1580 g/mol. The zero-order chi connectivity index (χ0) is 77.0. The Morgan fingerprint density at radius 1 is 0.308 bits per heavy atom. The molecule has 576 valence electrons. The van der Waals surface area contributed by atoms with Gasteiger partial charge in [0, 0.05) is 129 Å². The van der Waals surface area contributed by atoms with Gasteiger partial charge in [-0.05, 0) is 233 Å². The summed E-state index contributed by atoms with van der Waals surface area (Å²) in [7, 11) is 0.394. The number of ether oxygens (including phenoxy) is 4. The average molecular weight is 1670 g/mol. The number of aryl methyl sites for hydroxylation is 6. The van der Waals surface area contributed by atoms with E-state index in [-0.39, 0.29) is 0 Å². The quantitative estimate of drug-likeness (QED) is 0.0222. The lowest BCUT2D eigenvalue weighted by Gasteiger charge is -2.39. The summed E-state index contributed by atoms with van der Waals surface area (Å²) < 4.78 is 209. The third-order valence-electron chi connectivity index (χ3n) is 16.3. The highest BCUT2D eigenvalue weighted by molar-refractivity contribution is 7.28. The summed E-state index contributed by atoms with van der Waals surface area (Å²) in [6.45, 7) is 33.1. The van der Waals surface area contributed by atoms with Crippen molar-refractivity contribution in [1.29, 1.82) is 0 Å². The van der Waals surface area contributed by atoms with E-state index in [9.17, 15) is 57.1 Å². The van der Waals surface area contributed by atoms with Crippen LogP contribution in [0.1, 0.15) is 94.7 Å². The molecule has 104 heavy (non-hydrogen) atoms. The molecule has 0 N–H and O–H groups in total. The summed E-state index contributed by atoms with van der Waals surface area (Å²) in [4.78, 5) is 21.2. The predicted molar refractivity (Wildman–Crippen MR) is 418 cm³/mol. The van der Waals surface area contributed by atoms with E-state index in [2.05, 4.69) is 116 Å². The lowest BCUT2D eigenvalue weighted by Crippen LogP contribution is -2.70. The number of thiophene rings is 9. The molecule has 6 nitrogen and oxygen atoms in total. The van der Waals surface area contributed by atoms with Gasteiger partial charge in [-0.3, -0.25) is 0 Å². The maximum Gasteiger partial charge on any atom is 0.460 e. The van der Waals surface area contributed by atoms with E-state index in [0.717, 1.165) is 71.4 Å². The van der Waals surface area contributed by atoms with Crippen molar-refractivity contribution < 1.29 is 84.9 Å². The minimum absolute atomic E-state index is 0.396. The van der Waals surface area contributed by atoms with Crippen LogP contribution in [0.5, 0.6) is 0 Å². The van der Waals surface area contributed by atoms with Crippen molar-refractivity contribution in [3.05, 3.63) is 135 Å². The van der Waals surface area contributed by atoms with E-state index in [1.54, 1.807) is 46.3 Å². The van der Waals surface area contributed by atoms with Gasteiger partial charge in [-0.1, -0.05) is 6.42 Å². The molecule has 0 atom stereocenters. The van der Waals surface area contributed by atoms with Crippen molar-refractivity contribution in [2.75, 3.05) is 60.5 Å². The lowest BCUT2D eigenvalue weighted by atomic mass is 9.91. The van der Waals surface area contributed by atoms with E-state index in [0.29, 0.717) is 53.9 Å². The fourth-order valence-electron chi connectivity index (χ4n) is 11.0. The van der Waals surface area contributed by atoms with Gasteiger partial charge in [0.1, 0.15) is 0 Å². The van der Waals surface area contributed by atoms with E-state index >= 15 is 0 Å². The smallest absolute Gasteiger partial charge is 0.417 e. The van der Waals surface area contributed by atoms with Crippen LogP contribution in [-0.4, -0.2) is 113 Å². The average Bonchev–Trinajstić information content (AvgIpc) is 1.12. The SMILES string of the molecule is COCCCCCc1c(-c2ccc(C)s2)sc(-c2ccc(C)s2)c1COCCOCCOC.Cc1ccc(-c2sc(-c3ccc(C)s3)c(CCCC(F)(F)C(F)(F)C(F)(F)C(F)(F)C(F)(F)C(F)(F)F)c2C)s1.Cc1ccc(-c2sc(-c3ccc(C)s3)c(CCO[Si](C)(C)C)c2CCO[Si](C)(C)C)s1. The molecule has 9 aromatic rings. The zero-order valence-corrected chi connectivity index (χ0v) is 70.3. The minimum Gasteiger partial charge on any atom is -0.417 e. The Morgan fingerprint density at radius 2 is 0.635 bits per heavy atom. The highest BCUT2D eigenvalue weighted by Gasteiger charge is 2.90. The summed E-state index contributed by atoms with van der Waals surface area (Å²) in [5, 5.41) is 0. The summed E-state index contributed by atoms with van der Waals surface area (Å²) in [6, 6.07) is 25.2. The first-order chi connectivity index (χ1) is 48.6. The highest BCUT2D eigenvalue weighted by atomic mass is 32.1. The fourth-order valence-corrected chi connectivity index (χ4v) is 22.6. The van der Waals surface area contributed by atoms with Gasteiger partial charge >= 0.3 is 35.8 Å². The predicted octanol–water partition coefficient (Wildman–Crippen LogP) is 27.2. The van der Waals surface area contributed by atoms with Crippen molar-refractivity contribution in [2.45, 2.75) is 188 Å². The molecule has 30 heteroatoms. The van der Waals surface area contributed by atoms with Crippen LogP contribution in [0.2, 0.25) is 39.3 Å². The highest BCUT2D eigenvalue weighted by Crippen LogP contribution is 2.61. The minimum atomic E-state index is -7.88. The van der Waals surface area contributed by atoms with Gasteiger partial charge in [-0.25, -0.2) is 0 Å². The molecule has 9 rings (SSSR count). The molecule has 0 aliphatic carbocycles. The van der Waals surface area contributed by atoms with Gasteiger partial charge in [0.05, 0.1) is 37.9 Å². The zero-order valence-electron chi connectivity index (χ0n) is 61.0. The second-order valence-corrected chi connectivity index (χ2v) is 46.8. The van der Waals surface area contributed by atoms with Gasteiger partial charge in [-0.15, -0.1) is 102 Å². The van der Waals surface area contributed by atoms with Crippen molar-refractivity contribution in [1.82, 2.24) is 0 Å². The Bertz CT molecular complexity index is 4070. The summed E-state index contributed by atoms with van der Waals surface area (Å²) in [5.41, 5.74) is 6.74. The molecule has 0 spiro atoms. The molecule has 0 amide bonds. The second-order valence-electron chi connectivity index (χ2n) is 27.0. The van der Waals surface area contributed by atoms with Crippen molar-refractivity contribution >= 4 is 119 Å². The molecule has 0 bridgehead atoms. The van der Waals surface area contributed by atoms with Crippen LogP contribution in [-0.2, 0) is 60.1 Å². The summed E-state index contributed by atoms with van der Waals surface area (Å²) >= 11 is 15.5. The van der Waals surface area contributed by atoms with Crippen LogP contribution in [0.25, 0.3) is 58.5 Å². The number of unbranched alkanes of at least 4 members (excludes halogenated alkanes) is 2. The number of hydrogen-bond donors (Lipinski definition) is 0. The van der Waals surface area contributed by atoms with Crippen molar-refractivity contribution in [3.8, 4) is 58.5 Å². The topological polar surface area (TPSA) is 55.4 Å². The van der Waals surface area contributed by atoms with Crippen molar-refractivity contribution in [2.24, 2.45) is 0 Å². The first-order valence-electron chi connectivity index (χ1n) is 33.8. The Hall–Kier alpha value is -3.42. The summed E-state index contributed by atoms with van der Waals surface area (Å²) in [6.07, 6.45) is -4.59. The van der Waals surface area contributed by atoms with Gasteiger partial charge in [0.2, 0.25) is 0 Å². The largest absolute Gasteiger partial charge is 0.460 e. The Labute approximate surface area is 640 Å². The van der Waals surface area contributed by atoms with Crippen molar-refractivity contribution in [3.63, 3.8) is 0 Å². The first kappa shape index (κ1) is 87.8. The molecule has 0 radical (unpaired) electrons. The first-order valence-corrected chi connectivity index (χ1v) is 47.9. The van der Waals surface area contributed by atoms with Crippen LogP contribution >= 0.6 is 102 Å². The molecule has 0 aliphatic rings. The molecule has 9 heterocycles.